The van der Waals surface area contributed by atoms with Crippen molar-refractivity contribution < 1.29 is 58.6 Å². The molecule has 3 aromatic rings. The molecule has 16 heteroatoms. The normalized spacial score (nSPS) is 12.0. The summed E-state index contributed by atoms with van der Waals surface area (Å²) in [6.07, 6.45) is 0. The van der Waals surface area contributed by atoms with Crippen LogP contribution in [0.5, 0.6) is 17.2 Å². The van der Waals surface area contributed by atoms with Crippen LogP contribution < -0.4 is 19.1 Å². The van der Waals surface area contributed by atoms with Crippen LogP contribution in [-0.4, -0.2) is 133 Å². The van der Waals surface area contributed by atoms with E-state index in [1.54, 1.807) is 20.3 Å². The van der Waals surface area contributed by atoms with Gasteiger partial charge in [-0.2, -0.15) is 0 Å². The number of carboxylic acids is 4. The minimum absolute atomic E-state index is 0.0541. The number of carboxylic acid groups (broad SMARTS) is 4. The Morgan fingerprint density at radius 1 is 0.750 bits per heavy atom. The second kappa shape index (κ2) is 18.9. The smallest absolute Gasteiger partial charge is 0.414 e. The first kappa shape index (κ1) is 38.3. The molecule has 1 aliphatic heterocycles. The summed E-state index contributed by atoms with van der Waals surface area (Å²) in [4.78, 5) is 60.5. The van der Waals surface area contributed by atoms with Gasteiger partial charge in [-0.05, 0) is 68.7 Å². The van der Waals surface area contributed by atoms with Crippen molar-refractivity contribution in [2.75, 3.05) is 72.5 Å². The topological polar surface area (TPSA) is 217 Å². The maximum Gasteiger partial charge on any atom is 0.414 e. The third-order valence-electron chi connectivity index (χ3n) is 6.59. The number of anilines is 1. The first-order chi connectivity index (χ1) is 22.8. The number of hydrogen-bond acceptors (Lipinski definition) is 11. The molecule has 1 amide bonds. The van der Waals surface area contributed by atoms with E-state index in [1.807, 2.05) is 61.5 Å². The molecule has 258 valence electrons. The third kappa shape index (κ3) is 12.1. The fraction of sp³-hybridized carbons (Fsp3) is 0.312. The van der Waals surface area contributed by atoms with Crippen molar-refractivity contribution in [1.82, 2.24) is 14.8 Å². The summed E-state index contributed by atoms with van der Waals surface area (Å²) in [5.41, 5.74) is 3.15. The SMILES string of the molecule is COc1ccc(-c2cccc(C(=O)N3CCN(c4ccc(OCCN(C)C)cc4)CC3)n2)cc1OC.O=C(O)C(=O)O.O=C(O)C(=O)O. The van der Waals surface area contributed by atoms with E-state index in [2.05, 4.69) is 26.9 Å². The molecule has 48 heavy (non-hydrogen) atoms. The highest BCUT2D eigenvalue weighted by Gasteiger charge is 2.23. The van der Waals surface area contributed by atoms with Crippen LogP contribution in [0.25, 0.3) is 11.3 Å². The largest absolute Gasteiger partial charge is 0.493 e. The van der Waals surface area contributed by atoms with Gasteiger partial charge in [0, 0.05) is 44.0 Å². The van der Waals surface area contributed by atoms with E-state index in [0.717, 1.165) is 36.6 Å². The number of methoxy groups -OCH3 is 2. The average Bonchev–Trinajstić information content (AvgIpc) is 3.08. The minimum atomic E-state index is -1.82. The van der Waals surface area contributed by atoms with Crippen LogP contribution in [0.15, 0.2) is 60.7 Å². The second-order valence-corrected chi connectivity index (χ2v) is 10.1. The lowest BCUT2D eigenvalue weighted by Gasteiger charge is -2.36. The van der Waals surface area contributed by atoms with Crippen molar-refractivity contribution >= 4 is 35.5 Å². The van der Waals surface area contributed by atoms with Crippen molar-refractivity contribution in [2.24, 2.45) is 0 Å². The molecule has 2 heterocycles. The zero-order chi connectivity index (χ0) is 35.8. The number of rotatable bonds is 9. The van der Waals surface area contributed by atoms with Gasteiger partial charge in [0.1, 0.15) is 18.1 Å². The van der Waals surface area contributed by atoms with Gasteiger partial charge in [0.05, 0.1) is 19.9 Å². The molecular formula is C32H38N4O12. The van der Waals surface area contributed by atoms with Gasteiger partial charge in [0.25, 0.3) is 5.91 Å². The number of pyridine rings is 1. The van der Waals surface area contributed by atoms with Gasteiger partial charge in [-0.1, -0.05) is 6.07 Å². The van der Waals surface area contributed by atoms with Crippen LogP contribution in [0.2, 0.25) is 0 Å². The van der Waals surface area contributed by atoms with Gasteiger partial charge in [0.2, 0.25) is 0 Å². The number of nitrogens with zero attached hydrogens (tertiary/aromatic N) is 4. The third-order valence-corrected chi connectivity index (χ3v) is 6.59. The number of hydrogen-bond donors (Lipinski definition) is 4. The summed E-state index contributed by atoms with van der Waals surface area (Å²) < 4.78 is 16.5. The van der Waals surface area contributed by atoms with Gasteiger partial charge < -0.3 is 49.3 Å². The highest BCUT2D eigenvalue weighted by molar-refractivity contribution is 6.27. The molecular weight excluding hydrogens is 632 g/mol. The van der Waals surface area contributed by atoms with Crippen molar-refractivity contribution in [1.29, 1.82) is 0 Å². The first-order valence-electron chi connectivity index (χ1n) is 14.3. The predicted molar refractivity (Wildman–Crippen MR) is 172 cm³/mol. The number of aliphatic carboxylic acids is 4. The zero-order valence-electron chi connectivity index (χ0n) is 26.9. The van der Waals surface area contributed by atoms with Crippen molar-refractivity contribution in [2.45, 2.75) is 0 Å². The van der Waals surface area contributed by atoms with Gasteiger partial charge in [-0.15, -0.1) is 0 Å². The lowest BCUT2D eigenvalue weighted by Crippen LogP contribution is -2.49. The van der Waals surface area contributed by atoms with Gasteiger partial charge in [-0.3, -0.25) is 4.79 Å². The summed E-state index contributed by atoms with van der Waals surface area (Å²) in [7, 11) is 7.26. The molecule has 1 aliphatic rings. The zero-order valence-corrected chi connectivity index (χ0v) is 26.9. The van der Waals surface area contributed by atoms with Crippen LogP contribution in [0.3, 0.4) is 0 Å². The summed E-state index contributed by atoms with van der Waals surface area (Å²) in [6.45, 7) is 4.35. The molecule has 0 aliphatic carbocycles. The lowest BCUT2D eigenvalue weighted by molar-refractivity contribution is -0.159. The fourth-order valence-corrected chi connectivity index (χ4v) is 4.14. The quantitative estimate of drug-likeness (QED) is 0.239. The van der Waals surface area contributed by atoms with Crippen molar-refractivity contribution in [3.63, 3.8) is 0 Å². The molecule has 2 aromatic carbocycles. The number of carbonyl (C=O) groups is 5. The van der Waals surface area contributed by atoms with Crippen LogP contribution in [0.4, 0.5) is 5.69 Å². The van der Waals surface area contributed by atoms with Gasteiger partial charge >= 0.3 is 23.9 Å². The Labute approximate surface area is 276 Å². The molecule has 0 bridgehead atoms. The number of carbonyl (C=O) groups excluding carboxylic acids is 1. The predicted octanol–water partition coefficient (Wildman–Crippen LogP) is 1.98. The molecule has 4 N–H and O–H groups in total. The number of amides is 1. The Morgan fingerprint density at radius 3 is 1.81 bits per heavy atom. The Hall–Kier alpha value is -5.90. The summed E-state index contributed by atoms with van der Waals surface area (Å²) in [5.74, 6) is -5.21. The second-order valence-electron chi connectivity index (χ2n) is 10.1. The van der Waals surface area contributed by atoms with Gasteiger partial charge in [-0.25, -0.2) is 24.2 Å². The fourth-order valence-electron chi connectivity index (χ4n) is 4.14. The maximum absolute atomic E-state index is 13.2. The molecule has 0 radical (unpaired) electrons. The van der Waals surface area contributed by atoms with Crippen LogP contribution in [-0.2, 0) is 19.2 Å². The van der Waals surface area contributed by atoms with E-state index in [4.69, 9.17) is 53.8 Å². The highest BCUT2D eigenvalue weighted by atomic mass is 16.5. The van der Waals surface area contributed by atoms with E-state index in [9.17, 15) is 4.79 Å². The minimum Gasteiger partial charge on any atom is -0.493 e. The highest BCUT2D eigenvalue weighted by Crippen LogP contribution is 2.31. The summed E-state index contributed by atoms with van der Waals surface area (Å²) in [5, 5.41) is 29.6. The summed E-state index contributed by atoms with van der Waals surface area (Å²) >= 11 is 0. The number of piperazine rings is 1. The van der Waals surface area contributed by atoms with Crippen molar-refractivity contribution in [3.05, 3.63) is 66.4 Å². The Balaban J connectivity index is 0.000000570. The molecule has 16 nitrogen and oxygen atoms in total. The van der Waals surface area contributed by atoms with Crippen LogP contribution in [0.1, 0.15) is 10.5 Å². The van der Waals surface area contributed by atoms with E-state index in [-0.39, 0.29) is 5.91 Å². The number of aromatic nitrogens is 1. The summed E-state index contributed by atoms with van der Waals surface area (Å²) in [6, 6.07) is 19.3. The number of ether oxygens (including phenoxy) is 3. The number of benzene rings is 2. The molecule has 0 unspecified atom stereocenters. The van der Waals surface area contributed by atoms with Crippen LogP contribution >= 0.6 is 0 Å². The Kier molecular flexibility index (Phi) is 15.1. The van der Waals surface area contributed by atoms with E-state index in [1.165, 1.54) is 0 Å². The molecule has 0 saturated carbocycles. The first-order valence-corrected chi connectivity index (χ1v) is 14.3. The van der Waals surface area contributed by atoms with E-state index < -0.39 is 23.9 Å². The standard InChI is InChI=1S/C28H34N4O4.2C2H2O4/c1-30(2)18-19-36-23-11-9-22(10-12-23)31-14-16-32(17-15-31)28(33)25-7-5-6-24(29-25)21-8-13-26(34-3)27(20-21)35-4;2*3-1(4)2(5)6/h5-13,20H,14-19H2,1-4H3;2*(H,3,4)(H,5,6). The van der Waals surface area contributed by atoms with E-state index >= 15 is 0 Å². The van der Waals surface area contributed by atoms with E-state index in [0.29, 0.717) is 42.6 Å². The average molecular weight is 671 g/mol. The molecule has 0 atom stereocenters. The van der Waals surface area contributed by atoms with Gasteiger partial charge in [0.15, 0.2) is 11.5 Å². The maximum atomic E-state index is 13.2. The molecule has 1 aromatic heterocycles. The molecule has 4 rings (SSSR count). The number of likely N-dealkylation sites (N-methyl/N-ethyl adjacent to an activating group) is 1. The Morgan fingerprint density at radius 2 is 1.31 bits per heavy atom. The monoisotopic (exact) mass is 670 g/mol. The molecule has 1 fully saturated rings. The lowest BCUT2D eigenvalue weighted by atomic mass is 10.1. The Bertz CT molecular complexity index is 1510. The molecule has 0 spiro atoms. The molecule has 1 saturated heterocycles. The van der Waals surface area contributed by atoms with Crippen LogP contribution in [0, 0.1) is 0 Å². The van der Waals surface area contributed by atoms with Crippen molar-refractivity contribution in [3.8, 4) is 28.5 Å².